The fourth-order valence-electron chi connectivity index (χ4n) is 2.06. The number of aromatic nitrogens is 4. The number of rotatable bonds is 2. The van der Waals surface area contributed by atoms with Gasteiger partial charge in [-0.1, -0.05) is 24.3 Å². The van der Waals surface area contributed by atoms with E-state index in [1.165, 1.54) is 0 Å². The Balaban J connectivity index is -0.0000000241. The first-order valence-electron chi connectivity index (χ1n) is 9.89. The second kappa shape index (κ2) is 120. The van der Waals surface area contributed by atoms with E-state index in [9.17, 15) is 0 Å². The molecule has 8 N–H and O–H groups in total. The Kier molecular flexibility index (Phi) is 228. The van der Waals surface area contributed by atoms with Crippen molar-refractivity contribution in [1.82, 2.24) is 19.9 Å². The standard InChI is InChI=1S/2C10H8N2.2CHN.8CN.Eu.4H2O.2Ru/c2*1-3-7-11-9(5-1)10-6-2-4-8-12-10;10*1-2;;;;;;;/h2*1-8H;2*1H;;;;;;;;;;4*1H2;;/q;;;;8*-1;;;;;;2*+4. The van der Waals surface area contributed by atoms with Crippen LogP contribution in [-0.2, 0) is 39.0 Å². The first-order valence-corrected chi connectivity index (χ1v) is 9.89. The third-order valence-corrected chi connectivity index (χ3v) is 3.18. The minimum Gasteiger partial charge on any atom is -0.512 e. The van der Waals surface area contributed by atoms with Crippen molar-refractivity contribution in [2.45, 2.75) is 0 Å². The van der Waals surface area contributed by atoms with E-state index >= 15 is 0 Å². The van der Waals surface area contributed by atoms with Gasteiger partial charge in [0, 0.05) is 87.3 Å². The molecule has 1 radical (unpaired) electrons. The summed E-state index contributed by atoms with van der Waals surface area (Å²) >= 11 is 0. The van der Waals surface area contributed by atoms with Crippen molar-refractivity contribution in [3.63, 3.8) is 0 Å². The molecule has 4 aromatic rings. The monoisotopic (exact) mass is 1000 g/mol. The van der Waals surface area contributed by atoms with Crippen LogP contribution < -0.4 is 0 Å². The summed E-state index contributed by atoms with van der Waals surface area (Å²) in [5.41, 5.74) is 3.66. The Morgan fingerprint density at radius 2 is 0.431 bits per heavy atom. The van der Waals surface area contributed by atoms with Gasteiger partial charge in [0.1, 0.15) is 0 Å². The predicted octanol–water partition coefficient (Wildman–Crippen LogP) is 2.03. The second-order valence-electron chi connectivity index (χ2n) is 4.86. The fourth-order valence-corrected chi connectivity index (χ4v) is 2.06. The maximum Gasteiger partial charge on any atom is 4.00 e. The third-order valence-electron chi connectivity index (χ3n) is 3.18. The molecule has 0 aromatic carbocycles. The summed E-state index contributed by atoms with van der Waals surface area (Å²) in [6, 6.07) is 23.2. The molecule has 0 aliphatic rings. The molecule has 0 unspecified atom stereocenters. The van der Waals surface area contributed by atoms with Gasteiger partial charge in [0.05, 0.1) is 22.8 Å². The number of hydrogen-bond donors (Lipinski definition) is 0. The molecule has 0 aliphatic heterocycles. The van der Waals surface area contributed by atoms with Crippen molar-refractivity contribution in [3.8, 4) is 35.9 Å². The van der Waals surface area contributed by atoms with Gasteiger partial charge < -0.3 is 117 Å². The van der Waals surface area contributed by atoms with Crippen LogP contribution in [0.4, 0.5) is 0 Å². The van der Waals surface area contributed by atoms with Gasteiger partial charge in [0.15, 0.2) is 0 Å². The first-order chi connectivity index (χ1) is 21.9. The van der Waals surface area contributed by atoms with E-state index in [-0.39, 0.29) is 110 Å². The Hall–Kier alpha value is -5.83. The molecule has 0 atom stereocenters. The normalized spacial score (nSPS) is 4.94. The van der Waals surface area contributed by atoms with Gasteiger partial charge in [0.2, 0.25) is 0 Å². The molecule has 0 saturated heterocycles. The summed E-state index contributed by atoms with van der Waals surface area (Å²) < 4.78 is 0. The van der Waals surface area contributed by atoms with Crippen molar-refractivity contribution in [2.24, 2.45) is 0 Å². The largest absolute Gasteiger partial charge is 4.00 e. The van der Waals surface area contributed by atoms with Crippen molar-refractivity contribution in [1.29, 1.82) is 52.6 Å². The summed E-state index contributed by atoms with van der Waals surface area (Å²) in [5, 5.41) is 63.0. The van der Waals surface area contributed by atoms with Crippen LogP contribution in [0.3, 0.4) is 0 Å². The van der Waals surface area contributed by atoms with Crippen LogP contribution in [-0.4, -0.2) is 41.8 Å². The number of pyridine rings is 4. The van der Waals surface area contributed by atoms with Crippen LogP contribution >= 0.6 is 0 Å². The van der Waals surface area contributed by atoms with Crippen molar-refractivity contribution in [3.05, 3.63) is 150 Å². The van der Waals surface area contributed by atoms with E-state index < -0.39 is 0 Å². The molecule has 18 nitrogen and oxygen atoms in total. The first kappa shape index (κ1) is 96.8. The van der Waals surface area contributed by atoms with E-state index in [1.54, 1.807) is 24.8 Å². The van der Waals surface area contributed by atoms with Gasteiger partial charge in [-0.05, 0) is 48.5 Å². The van der Waals surface area contributed by atoms with E-state index in [0.29, 0.717) is 0 Å². The van der Waals surface area contributed by atoms with Gasteiger partial charge in [0.25, 0.3) is 0 Å². The van der Waals surface area contributed by atoms with Crippen molar-refractivity contribution >= 4 is 0 Å². The number of nitrogens with zero attached hydrogens (tertiary/aromatic N) is 14. The average Bonchev–Trinajstić information content (AvgIpc) is 3.21. The molecule has 0 saturated carbocycles. The van der Waals surface area contributed by atoms with Gasteiger partial charge in [-0.2, -0.15) is 0 Å². The Morgan fingerprint density at radius 3 is 0.510 bits per heavy atom. The molecule has 0 amide bonds. The van der Waals surface area contributed by atoms with E-state index in [2.05, 4.69) is 33.1 Å². The smallest absolute Gasteiger partial charge is 0.512 e. The summed E-state index contributed by atoms with van der Waals surface area (Å²) in [7, 11) is 0. The molecule has 4 rings (SSSR count). The summed E-state index contributed by atoms with van der Waals surface area (Å²) in [6.45, 7) is 45.0. The molecule has 51 heavy (non-hydrogen) atoms. The molecular weight excluding hydrogens is 975 g/mol. The third kappa shape index (κ3) is 67.3. The molecule has 263 valence electrons. The van der Waals surface area contributed by atoms with Crippen molar-refractivity contribution in [2.75, 3.05) is 0 Å². The van der Waals surface area contributed by atoms with E-state index in [1.807, 2.05) is 72.8 Å². The Labute approximate surface area is 365 Å². The molecule has 0 aliphatic carbocycles. The molecule has 4 aromatic heterocycles. The molecule has 0 fully saturated rings. The molecular formula is C30H26EuN14O4Ru2. The van der Waals surface area contributed by atoms with E-state index in [0.717, 1.165) is 22.8 Å². The van der Waals surface area contributed by atoms with E-state index in [4.69, 9.17) is 105 Å². The fraction of sp³-hybridized carbons (Fsp3) is 0. The van der Waals surface area contributed by atoms with Gasteiger partial charge in [-0.3, -0.25) is 19.9 Å². The van der Waals surface area contributed by atoms with Crippen LogP contribution in [0.5, 0.6) is 0 Å². The minimum atomic E-state index is 0. The Bertz CT molecular complexity index is 1080. The van der Waals surface area contributed by atoms with Gasteiger partial charge in [-0.15, -0.1) is 0 Å². The van der Waals surface area contributed by atoms with Crippen LogP contribution in [0, 0.1) is 168 Å². The summed E-state index contributed by atoms with van der Waals surface area (Å²) in [4.78, 5) is 16.7. The molecule has 21 heteroatoms. The molecule has 4 heterocycles. The number of hydrogen-bond acceptors (Lipinski definition) is 14. The van der Waals surface area contributed by atoms with Gasteiger partial charge >= 0.3 is 39.0 Å². The summed E-state index contributed by atoms with van der Waals surface area (Å²) in [5.74, 6) is 0. The zero-order valence-corrected chi connectivity index (χ0v) is 31.6. The maximum absolute atomic E-state index is 6.50. The molecule has 0 bridgehead atoms. The summed E-state index contributed by atoms with van der Waals surface area (Å²) in [6.07, 6.45) is 7.07. The van der Waals surface area contributed by atoms with Crippen molar-refractivity contribution < 1.29 is 110 Å². The average molecular weight is 1000 g/mol. The van der Waals surface area contributed by atoms with Gasteiger partial charge in [-0.25, -0.2) is 10.5 Å². The van der Waals surface area contributed by atoms with Crippen LogP contribution in [0.25, 0.3) is 22.8 Å². The molecule has 0 spiro atoms. The van der Waals surface area contributed by atoms with Crippen LogP contribution in [0.1, 0.15) is 0 Å². The van der Waals surface area contributed by atoms with Crippen LogP contribution in [0.15, 0.2) is 97.6 Å². The number of nitriles is 2. The SMILES string of the molecule is C#N.C#N.O.O.O.O.[C-]#N.[C-]#N.[C-]#N.[C-]#N.[C-]#N.[C-]#N.[C-]#N.[C-]#N.[Eu].[Ru+4].[Ru+4].c1ccc(-c2ccccn2)nc1.c1ccc(-c2ccccn2)nc1. The minimum absolute atomic E-state index is 0. The topological polar surface area (TPSA) is 415 Å². The zero-order valence-electron chi connectivity index (χ0n) is 25.7. The predicted molar refractivity (Wildman–Crippen MR) is 162 cm³/mol. The zero-order chi connectivity index (χ0) is 36.5. The second-order valence-corrected chi connectivity index (χ2v) is 4.86. The maximum atomic E-state index is 6.50. The Morgan fingerprint density at radius 1 is 0.314 bits per heavy atom. The van der Waals surface area contributed by atoms with Crippen LogP contribution in [0.2, 0.25) is 0 Å². The quantitative estimate of drug-likeness (QED) is 0.205.